The van der Waals surface area contributed by atoms with Gasteiger partial charge in [-0.1, -0.05) is 42.5 Å². The Morgan fingerprint density at radius 2 is 1.66 bits per heavy atom. The third-order valence-corrected chi connectivity index (χ3v) is 11.2. The molecule has 6 fully saturated rings. The normalized spacial score (nSPS) is 29.4. The van der Waals surface area contributed by atoms with E-state index in [0.717, 1.165) is 36.9 Å². The molecule has 4 aliphatic carbocycles. The van der Waals surface area contributed by atoms with E-state index in [2.05, 4.69) is 70.3 Å². The molecular weight excluding hydrogens is 550 g/mol. The molecule has 0 spiro atoms. The number of carbonyl (C=O) groups excluding carboxylic acids is 3. The molecular formula is C36H37N5O3. The number of hydrogen-bond donors (Lipinski definition) is 2. The molecule has 0 radical (unpaired) electrons. The largest absolute Gasteiger partial charge is 0.365 e. The molecule has 7 aliphatic rings. The maximum Gasteiger partial charge on any atom is 0.255 e. The zero-order valence-electron chi connectivity index (χ0n) is 24.9. The van der Waals surface area contributed by atoms with Crippen LogP contribution in [0.5, 0.6) is 0 Å². The second-order valence-electron chi connectivity index (χ2n) is 14.4. The fourth-order valence-corrected chi connectivity index (χ4v) is 8.62. The van der Waals surface area contributed by atoms with Gasteiger partial charge in [0.25, 0.3) is 5.91 Å². The highest BCUT2D eigenvalue weighted by Crippen LogP contribution is 2.68. The van der Waals surface area contributed by atoms with Gasteiger partial charge in [0, 0.05) is 61.2 Å². The molecule has 1 aromatic heterocycles. The monoisotopic (exact) mass is 587 g/mol. The molecule has 8 nitrogen and oxygen atoms in total. The second-order valence-corrected chi connectivity index (χ2v) is 14.4. The molecule has 44 heavy (non-hydrogen) atoms. The van der Waals surface area contributed by atoms with Crippen molar-refractivity contribution < 1.29 is 14.4 Å². The molecule has 224 valence electrons. The highest BCUT2D eigenvalue weighted by molar-refractivity contribution is 6.05. The highest BCUT2D eigenvalue weighted by atomic mass is 16.2. The van der Waals surface area contributed by atoms with Crippen LogP contribution in [0.4, 0.5) is 5.82 Å². The van der Waals surface area contributed by atoms with E-state index in [1.807, 2.05) is 6.07 Å². The van der Waals surface area contributed by atoms with E-state index in [-0.39, 0.29) is 29.7 Å². The Morgan fingerprint density at radius 1 is 0.886 bits per heavy atom. The van der Waals surface area contributed by atoms with Crippen LogP contribution in [0.1, 0.15) is 95.0 Å². The van der Waals surface area contributed by atoms with Crippen LogP contribution in [-0.4, -0.2) is 57.2 Å². The first kappa shape index (κ1) is 26.4. The van der Waals surface area contributed by atoms with E-state index >= 15 is 0 Å². The van der Waals surface area contributed by atoms with Crippen molar-refractivity contribution in [3.8, 4) is 0 Å². The fraction of sp³-hybridized carbons (Fsp3) is 0.444. The number of carbonyl (C=O) groups is 3. The Morgan fingerprint density at radius 3 is 2.36 bits per heavy atom. The minimum Gasteiger partial charge on any atom is -0.365 e. The predicted octanol–water partition coefficient (Wildman–Crippen LogP) is 4.61. The summed E-state index contributed by atoms with van der Waals surface area (Å²) >= 11 is 0. The highest BCUT2D eigenvalue weighted by Gasteiger charge is 2.68. The molecule has 4 saturated carbocycles. The maximum absolute atomic E-state index is 13.0. The van der Waals surface area contributed by atoms with Crippen LogP contribution in [0.15, 0.2) is 60.8 Å². The van der Waals surface area contributed by atoms with Crippen molar-refractivity contribution in [2.45, 2.75) is 86.9 Å². The summed E-state index contributed by atoms with van der Waals surface area (Å²) in [5.74, 6) is 1.48. The minimum absolute atomic E-state index is 0.111. The fourth-order valence-electron chi connectivity index (χ4n) is 8.62. The summed E-state index contributed by atoms with van der Waals surface area (Å²) in [6.45, 7) is 3.38. The van der Waals surface area contributed by atoms with E-state index in [4.69, 9.17) is 4.98 Å². The van der Waals surface area contributed by atoms with Crippen LogP contribution < -0.4 is 10.6 Å². The van der Waals surface area contributed by atoms with Crippen molar-refractivity contribution in [3.63, 3.8) is 0 Å². The van der Waals surface area contributed by atoms with Crippen molar-refractivity contribution in [2.75, 3.05) is 18.4 Å². The van der Waals surface area contributed by atoms with Crippen molar-refractivity contribution in [2.24, 2.45) is 0 Å². The van der Waals surface area contributed by atoms with Crippen molar-refractivity contribution in [3.05, 3.63) is 94.2 Å². The first-order valence-corrected chi connectivity index (χ1v) is 16.2. The van der Waals surface area contributed by atoms with Gasteiger partial charge < -0.3 is 10.2 Å². The molecule has 1 atom stereocenters. The Balaban J connectivity index is 0.771. The predicted molar refractivity (Wildman–Crippen MR) is 165 cm³/mol. The lowest BCUT2D eigenvalue weighted by Gasteiger charge is -2.71. The number of hydrogen-bond acceptors (Lipinski definition) is 6. The summed E-state index contributed by atoms with van der Waals surface area (Å²) in [5.41, 5.74) is 7.71. The van der Waals surface area contributed by atoms with Crippen LogP contribution in [0.25, 0.3) is 0 Å². The van der Waals surface area contributed by atoms with E-state index in [9.17, 15) is 14.4 Å². The van der Waals surface area contributed by atoms with Gasteiger partial charge in [0.05, 0.1) is 0 Å². The summed E-state index contributed by atoms with van der Waals surface area (Å²) in [6, 6.07) is 19.3. The van der Waals surface area contributed by atoms with Gasteiger partial charge in [-0.3, -0.25) is 24.6 Å². The molecule has 3 aliphatic heterocycles. The first-order chi connectivity index (χ1) is 21.4. The van der Waals surface area contributed by atoms with Crippen molar-refractivity contribution in [1.82, 2.24) is 20.1 Å². The van der Waals surface area contributed by atoms with Gasteiger partial charge in [0.2, 0.25) is 11.8 Å². The van der Waals surface area contributed by atoms with E-state index in [1.165, 1.54) is 54.4 Å². The molecule has 3 aromatic rings. The molecule has 3 amide bonds. The topological polar surface area (TPSA) is 94.6 Å². The molecule has 10 rings (SSSR count). The summed E-state index contributed by atoms with van der Waals surface area (Å²) in [5, 5.41) is 6.12. The summed E-state index contributed by atoms with van der Waals surface area (Å²) in [4.78, 5) is 45.7. The number of aromatic nitrogens is 1. The van der Waals surface area contributed by atoms with Crippen LogP contribution in [-0.2, 0) is 28.1 Å². The number of fused-ring (bicyclic) bond motifs is 1. The molecule has 8 heteroatoms. The number of nitrogens with zero attached hydrogens (tertiary/aromatic N) is 3. The zero-order valence-corrected chi connectivity index (χ0v) is 24.9. The van der Waals surface area contributed by atoms with Crippen molar-refractivity contribution >= 4 is 23.5 Å². The van der Waals surface area contributed by atoms with Crippen LogP contribution in [0.3, 0.4) is 0 Å². The molecule has 2 aromatic carbocycles. The Kier molecular flexibility index (Phi) is 5.68. The SMILES string of the molecule is O=C1CCC(N2Cc3cc(C4CN(Cc5ccc(C67CC(Nc8ccc(C9CC9)cn8)(C6)C7)cc5)C4)ccc3C2=O)C(=O)N1. The Bertz CT molecular complexity index is 1670. The van der Waals surface area contributed by atoms with Gasteiger partial charge in [0.15, 0.2) is 0 Å². The summed E-state index contributed by atoms with van der Waals surface area (Å²) in [7, 11) is 0. The molecule has 1 unspecified atom stereocenters. The minimum atomic E-state index is -0.569. The van der Waals surface area contributed by atoms with Gasteiger partial charge in [-0.05, 0) is 84.4 Å². The number of amides is 3. The van der Waals surface area contributed by atoms with Crippen LogP contribution >= 0.6 is 0 Å². The van der Waals surface area contributed by atoms with Crippen molar-refractivity contribution in [1.29, 1.82) is 0 Å². The summed E-state index contributed by atoms with van der Waals surface area (Å²) < 4.78 is 0. The molecule has 2 bridgehead atoms. The molecule has 2 saturated heterocycles. The maximum atomic E-state index is 13.0. The average Bonchev–Trinajstić information content (AvgIpc) is 3.76. The van der Waals surface area contributed by atoms with Gasteiger partial charge in [-0.15, -0.1) is 0 Å². The number of nitrogens with one attached hydrogen (secondary N) is 2. The van der Waals surface area contributed by atoms with E-state index in [0.29, 0.717) is 29.9 Å². The van der Waals surface area contributed by atoms with Gasteiger partial charge >= 0.3 is 0 Å². The number of imide groups is 1. The Hall–Kier alpha value is -4.04. The van der Waals surface area contributed by atoms with Gasteiger partial charge in [-0.2, -0.15) is 0 Å². The average molecular weight is 588 g/mol. The smallest absolute Gasteiger partial charge is 0.255 e. The van der Waals surface area contributed by atoms with Gasteiger partial charge in [0.1, 0.15) is 11.9 Å². The third-order valence-electron chi connectivity index (χ3n) is 11.2. The number of likely N-dealkylation sites (tertiary alicyclic amines) is 1. The first-order valence-electron chi connectivity index (χ1n) is 16.2. The second kappa shape index (κ2) is 9.48. The zero-order chi connectivity index (χ0) is 29.6. The number of piperidine rings is 1. The number of rotatable bonds is 8. The van der Waals surface area contributed by atoms with Gasteiger partial charge in [-0.25, -0.2) is 4.98 Å². The third kappa shape index (κ3) is 4.29. The number of anilines is 1. The lowest BCUT2D eigenvalue weighted by molar-refractivity contribution is -0.136. The standard InChI is InChI=1S/C36H37N5O3/c42-32-12-10-30(33(43)38-32)41-18-26-13-24(5-9-29(26)34(41)44)27-16-40(17-27)15-22-1-7-28(8-2-22)35-19-36(20-35,21-35)39-31-11-6-25(14-37-31)23-3-4-23/h1-2,5-9,11,13-14,23,27,30H,3-4,10,12,15-21H2,(H,37,39)(H,38,42,43). The van der Waals surface area contributed by atoms with Crippen LogP contribution in [0.2, 0.25) is 0 Å². The summed E-state index contributed by atoms with van der Waals surface area (Å²) in [6.07, 6.45) is 8.93. The Labute approximate surface area is 257 Å². The van der Waals surface area contributed by atoms with Crippen LogP contribution in [0, 0.1) is 0 Å². The van der Waals surface area contributed by atoms with E-state index < -0.39 is 6.04 Å². The number of pyridine rings is 1. The lowest BCUT2D eigenvalue weighted by Crippen LogP contribution is -2.73. The lowest BCUT2D eigenvalue weighted by atomic mass is 9.37. The number of benzene rings is 2. The molecule has 4 heterocycles. The quantitative estimate of drug-likeness (QED) is 0.374. The molecule has 2 N–H and O–H groups in total. The van der Waals surface area contributed by atoms with E-state index in [1.54, 1.807) is 4.90 Å².